The molecule has 2 rings (SSSR count). The maximum atomic E-state index is 13.1. The molecule has 1 saturated carbocycles. The van der Waals surface area contributed by atoms with Crippen molar-refractivity contribution in [1.29, 1.82) is 0 Å². The van der Waals surface area contributed by atoms with E-state index in [0.29, 0.717) is 5.92 Å². The largest absolute Gasteiger partial charge is 0.505 e. The van der Waals surface area contributed by atoms with Crippen molar-refractivity contribution >= 4 is 0 Å². The van der Waals surface area contributed by atoms with Crippen LogP contribution in [0.5, 0.6) is 5.75 Å². The molecule has 0 saturated heterocycles. The van der Waals surface area contributed by atoms with Gasteiger partial charge in [0.15, 0.2) is 11.6 Å². The van der Waals surface area contributed by atoms with Crippen LogP contribution in [0.4, 0.5) is 4.39 Å². The molecular weight excluding hydrogens is 191 g/mol. The van der Waals surface area contributed by atoms with Gasteiger partial charge in [-0.15, -0.1) is 0 Å². The fourth-order valence-electron chi connectivity index (χ4n) is 2.43. The lowest BCUT2D eigenvalue weighted by atomic mass is 9.85. The Hall–Kier alpha value is -1.05. The van der Waals surface area contributed by atoms with Gasteiger partial charge in [0.2, 0.25) is 0 Å². The van der Waals surface area contributed by atoms with Crippen LogP contribution in [0, 0.1) is 11.7 Å². The number of phenols is 1. The third-order valence-electron chi connectivity index (χ3n) is 3.30. The normalized spacial score (nSPS) is 17.9. The highest BCUT2D eigenvalue weighted by molar-refractivity contribution is 5.33. The van der Waals surface area contributed by atoms with Crippen LogP contribution in [0.15, 0.2) is 18.2 Å². The van der Waals surface area contributed by atoms with Crippen LogP contribution in [0.2, 0.25) is 0 Å². The molecule has 0 unspecified atom stereocenters. The number of hydrogen-bond donors (Lipinski definition) is 1. The summed E-state index contributed by atoms with van der Waals surface area (Å²) in [4.78, 5) is 0. The molecule has 1 aliphatic carbocycles. The Morgan fingerprint density at radius 3 is 2.67 bits per heavy atom. The fraction of sp³-hybridized carbons (Fsp3) is 0.538. The first kappa shape index (κ1) is 10.5. The van der Waals surface area contributed by atoms with Gasteiger partial charge in [0.05, 0.1) is 0 Å². The maximum absolute atomic E-state index is 13.1. The van der Waals surface area contributed by atoms with Gasteiger partial charge in [-0.2, -0.15) is 0 Å². The van der Waals surface area contributed by atoms with Gasteiger partial charge in [-0.05, 0) is 24.0 Å². The fourth-order valence-corrected chi connectivity index (χ4v) is 2.43. The summed E-state index contributed by atoms with van der Waals surface area (Å²) in [7, 11) is 0. The summed E-state index contributed by atoms with van der Waals surface area (Å²) in [5.41, 5.74) is 0.766. The van der Waals surface area contributed by atoms with Crippen LogP contribution >= 0.6 is 0 Å². The molecule has 1 aromatic rings. The van der Waals surface area contributed by atoms with Gasteiger partial charge < -0.3 is 5.11 Å². The van der Waals surface area contributed by atoms with Crippen molar-refractivity contribution in [3.63, 3.8) is 0 Å². The molecule has 1 fully saturated rings. The Bertz CT molecular complexity index is 329. The van der Waals surface area contributed by atoms with Gasteiger partial charge in [0.1, 0.15) is 0 Å². The van der Waals surface area contributed by atoms with Crippen molar-refractivity contribution < 1.29 is 9.50 Å². The zero-order chi connectivity index (χ0) is 10.7. The molecule has 1 nitrogen and oxygen atoms in total. The molecule has 82 valence electrons. The summed E-state index contributed by atoms with van der Waals surface area (Å²) in [5.74, 6) is -0.0159. The van der Waals surface area contributed by atoms with Crippen molar-refractivity contribution in [3.8, 4) is 5.75 Å². The molecule has 0 atom stereocenters. The standard InChI is InChI=1S/C13H17FO/c14-12-8-4-7-11(13(12)15)9-10-5-2-1-3-6-10/h4,7-8,10,15H,1-3,5-6,9H2. The third-order valence-corrected chi connectivity index (χ3v) is 3.30. The summed E-state index contributed by atoms with van der Waals surface area (Å²) >= 11 is 0. The lowest BCUT2D eigenvalue weighted by Crippen LogP contribution is -2.09. The minimum atomic E-state index is -0.497. The molecule has 0 bridgehead atoms. The predicted octanol–water partition coefficient (Wildman–Crippen LogP) is 3.65. The number of halogens is 1. The van der Waals surface area contributed by atoms with E-state index in [9.17, 15) is 9.50 Å². The summed E-state index contributed by atoms with van der Waals surface area (Å²) < 4.78 is 13.1. The third kappa shape index (κ3) is 2.49. The molecular formula is C13H17FO. The van der Waals surface area contributed by atoms with Gasteiger partial charge in [-0.1, -0.05) is 44.2 Å². The second kappa shape index (κ2) is 4.65. The molecule has 1 aliphatic rings. The minimum absolute atomic E-state index is 0.150. The van der Waals surface area contributed by atoms with E-state index in [-0.39, 0.29) is 5.75 Å². The van der Waals surface area contributed by atoms with E-state index in [0.717, 1.165) is 12.0 Å². The van der Waals surface area contributed by atoms with Gasteiger partial charge in [-0.25, -0.2) is 4.39 Å². The number of aromatic hydroxyl groups is 1. The quantitative estimate of drug-likeness (QED) is 0.786. The highest BCUT2D eigenvalue weighted by Crippen LogP contribution is 2.30. The minimum Gasteiger partial charge on any atom is -0.505 e. The first-order valence-corrected chi connectivity index (χ1v) is 5.73. The van der Waals surface area contributed by atoms with Crippen molar-refractivity contribution in [2.75, 3.05) is 0 Å². The van der Waals surface area contributed by atoms with E-state index in [1.807, 2.05) is 6.07 Å². The van der Waals surface area contributed by atoms with Crippen molar-refractivity contribution in [3.05, 3.63) is 29.6 Å². The molecule has 0 aromatic heterocycles. The van der Waals surface area contributed by atoms with Gasteiger partial charge >= 0.3 is 0 Å². The Morgan fingerprint density at radius 1 is 1.20 bits per heavy atom. The number of benzene rings is 1. The van der Waals surface area contributed by atoms with E-state index in [2.05, 4.69) is 0 Å². The number of para-hydroxylation sites is 1. The lowest BCUT2D eigenvalue weighted by molar-refractivity contribution is 0.348. The van der Waals surface area contributed by atoms with Crippen LogP contribution in [-0.2, 0) is 6.42 Å². The molecule has 2 heteroatoms. The van der Waals surface area contributed by atoms with E-state index < -0.39 is 5.82 Å². The van der Waals surface area contributed by atoms with Gasteiger partial charge in [-0.3, -0.25) is 0 Å². The van der Waals surface area contributed by atoms with Crippen LogP contribution in [0.3, 0.4) is 0 Å². The lowest BCUT2D eigenvalue weighted by Gasteiger charge is -2.21. The van der Waals surface area contributed by atoms with E-state index in [4.69, 9.17) is 0 Å². The van der Waals surface area contributed by atoms with Crippen molar-refractivity contribution in [2.45, 2.75) is 38.5 Å². The highest BCUT2D eigenvalue weighted by atomic mass is 19.1. The van der Waals surface area contributed by atoms with Crippen LogP contribution < -0.4 is 0 Å². The molecule has 0 amide bonds. The number of phenolic OH excluding ortho intramolecular Hbond substituents is 1. The van der Waals surface area contributed by atoms with Crippen molar-refractivity contribution in [2.24, 2.45) is 5.92 Å². The van der Waals surface area contributed by atoms with Gasteiger partial charge in [0, 0.05) is 0 Å². The monoisotopic (exact) mass is 208 g/mol. The summed E-state index contributed by atoms with van der Waals surface area (Å²) in [6, 6.07) is 4.81. The Balaban J connectivity index is 2.06. The molecule has 1 N–H and O–H groups in total. The van der Waals surface area contributed by atoms with Crippen LogP contribution in [0.25, 0.3) is 0 Å². The zero-order valence-electron chi connectivity index (χ0n) is 8.88. The highest BCUT2D eigenvalue weighted by Gasteiger charge is 2.16. The summed E-state index contributed by atoms with van der Waals surface area (Å²) in [6.07, 6.45) is 7.14. The SMILES string of the molecule is Oc1c(F)cccc1CC1CCCCC1. The van der Waals surface area contributed by atoms with Crippen LogP contribution in [-0.4, -0.2) is 5.11 Å². The van der Waals surface area contributed by atoms with E-state index >= 15 is 0 Å². The number of rotatable bonds is 2. The average Bonchev–Trinajstić information content (AvgIpc) is 2.26. The molecule has 0 radical (unpaired) electrons. The topological polar surface area (TPSA) is 20.2 Å². The molecule has 0 spiro atoms. The molecule has 1 aromatic carbocycles. The number of hydrogen-bond acceptors (Lipinski definition) is 1. The zero-order valence-corrected chi connectivity index (χ0v) is 8.88. The van der Waals surface area contributed by atoms with E-state index in [1.165, 1.54) is 38.2 Å². The van der Waals surface area contributed by atoms with Crippen LogP contribution in [0.1, 0.15) is 37.7 Å². The maximum Gasteiger partial charge on any atom is 0.165 e. The first-order valence-electron chi connectivity index (χ1n) is 5.73. The second-order valence-corrected chi connectivity index (χ2v) is 4.46. The summed E-state index contributed by atoms with van der Waals surface area (Å²) in [5, 5.41) is 9.55. The Morgan fingerprint density at radius 2 is 1.93 bits per heavy atom. The summed E-state index contributed by atoms with van der Waals surface area (Å²) in [6.45, 7) is 0. The first-order chi connectivity index (χ1) is 7.27. The smallest absolute Gasteiger partial charge is 0.165 e. The average molecular weight is 208 g/mol. The molecule has 15 heavy (non-hydrogen) atoms. The van der Waals surface area contributed by atoms with Gasteiger partial charge in [0.25, 0.3) is 0 Å². The molecule has 0 heterocycles. The Kier molecular flexibility index (Phi) is 3.24. The Labute approximate surface area is 89.9 Å². The van der Waals surface area contributed by atoms with Crippen molar-refractivity contribution in [1.82, 2.24) is 0 Å². The molecule has 0 aliphatic heterocycles. The van der Waals surface area contributed by atoms with E-state index in [1.54, 1.807) is 6.07 Å². The second-order valence-electron chi connectivity index (χ2n) is 4.46. The predicted molar refractivity (Wildman–Crippen MR) is 58.3 cm³/mol.